The van der Waals surface area contributed by atoms with Gasteiger partial charge in [-0.15, -0.1) is 0 Å². The predicted octanol–water partition coefficient (Wildman–Crippen LogP) is 4.66. The highest BCUT2D eigenvalue weighted by Crippen LogP contribution is 2.34. The Morgan fingerprint density at radius 3 is 2.84 bits per heavy atom. The van der Waals surface area contributed by atoms with E-state index >= 15 is 0 Å². The lowest BCUT2D eigenvalue weighted by molar-refractivity contribution is 0.622. The predicted molar refractivity (Wildman–Crippen MR) is 84.4 cm³/mol. The molecule has 102 valence electrons. The summed E-state index contributed by atoms with van der Waals surface area (Å²) < 4.78 is 3.02. The van der Waals surface area contributed by atoms with E-state index in [0.717, 1.165) is 40.9 Å². The zero-order chi connectivity index (χ0) is 14.0. The number of nitrogens with two attached hydrogens (primary N) is 1. The number of halogens is 2. The van der Waals surface area contributed by atoms with Crippen LogP contribution in [0.25, 0.3) is 11.3 Å². The molecule has 2 N–H and O–H groups in total. The van der Waals surface area contributed by atoms with Gasteiger partial charge in [0.15, 0.2) is 0 Å². The molecule has 0 radical (unpaired) electrons. The Morgan fingerprint density at radius 1 is 1.42 bits per heavy atom. The Morgan fingerprint density at radius 2 is 2.16 bits per heavy atom. The van der Waals surface area contributed by atoms with Gasteiger partial charge in [0.25, 0.3) is 0 Å². The lowest BCUT2D eigenvalue weighted by atomic mass is 10.1. The minimum absolute atomic E-state index is 0.662. The van der Waals surface area contributed by atoms with Crippen LogP contribution in [0.2, 0.25) is 5.02 Å². The summed E-state index contributed by atoms with van der Waals surface area (Å²) in [7, 11) is 0. The molecule has 0 amide bonds. The van der Waals surface area contributed by atoms with E-state index < -0.39 is 0 Å². The van der Waals surface area contributed by atoms with Crippen LogP contribution in [0.4, 0.5) is 5.82 Å². The van der Waals surface area contributed by atoms with Gasteiger partial charge in [0.1, 0.15) is 17.3 Å². The van der Waals surface area contributed by atoms with Crippen LogP contribution in [-0.2, 0) is 6.54 Å². The van der Waals surface area contributed by atoms with Gasteiger partial charge in [0.2, 0.25) is 0 Å². The molecule has 1 aromatic carbocycles. The van der Waals surface area contributed by atoms with Gasteiger partial charge >= 0.3 is 0 Å². The standard InChI is InChI=1S/C14H17BrClN3/c1-3-4-7-19-9(2)18-13(14(19)17)11-8-10(15)5-6-12(11)16/h5-6,8H,3-4,7,17H2,1-2H3. The summed E-state index contributed by atoms with van der Waals surface area (Å²) in [5.41, 5.74) is 7.85. The quantitative estimate of drug-likeness (QED) is 0.878. The third kappa shape index (κ3) is 2.95. The van der Waals surface area contributed by atoms with E-state index in [9.17, 15) is 0 Å². The van der Waals surface area contributed by atoms with Crippen molar-refractivity contribution in [2.24, 2.45) is 0 Å². The third-order valence-electron chi connectivity index (χ3n) is 3.12. The molecule has 0 aliphatic carbocycles. The van der Waals surface area contributed by atoms with Crippen molar-refractivity contribution in [2.45, 2.75) is 33.2 Å². The Bertz CT molecular complexity index is 593. The van der Waals surface area contributed by atoms with E-state index in [1.54, 1.807) is 0 Å². The van der Waals surface area contributed by atoms with Crippen LogP contribution in [0.1, 0.15) is 25.6 Å². The van der Waals surface area contributed by atoms with Crippen molar-refractivity contribution in [3.05, 3.63) is 33.5 Å². The first-order valence-corrected chi connectivity index (χ1v) is 7.49. The summed E-state index contributed by atoms with van der Waals surface area (Å²) in [6.07, 6.45) is 2.22. The van der Waals surface area contributed by atoms with Gasteiger partial charge in [0, 0.05) is 16.6 Å². The molecule has 1 aromatic heterocycles. The highest BCUT2D eigenvalue weighted by atomic mass is 79.9. The highest BCUT2D eigenvalue weighted by molar-refractivity contribution is 9.10. The van der Waals surface area contributed by atoms with Crippen LogP contribution < -0.4 is 5.73 Å². The molecule has 5 heteroatoms. The number of nitrogens with zero attached hydrogens (tertiary/aromatic N) is 2. The molecule has 2 rings (SSSR count). The van der Waals surface area contributed by atoms with Gasteiger partial charge in [-0.25, -0.2) is 4.98 Å². The minimum atomic E-state index is 0.662. The van der Waals surface area contributed by atoms with Gasteiger partial charge in [0.05, 0.1) is 5.02 Å². The summed E-state index contributed by atoms with van der Waals surface area (Å²) in [5, 5.41) is 0.662. The molecule has 0 spiro atoms. The molecule has 0 aliphatic heterocycles. The van der Waals surface area contributed by atoms with Crippen molar-refractivity contribution < 1.29 is 0 Å². The number of hydrogen-bond acceptors (Lipinski definition) is 2. The third-order valence-corrected chi connectivity index (χ3v) is 3.94. The summed E-state index contributed by atoms with van der Waals surface area (Å²) >= 11 is 9.69. The number of anilines is 1. The van der Waals surface area contributed by atoms with Crippen LogP contribution in [0.15, 0.2) is 22.7 Å². The molecular formula is C14H17BrClN3. The lowest BCUT2D eigenvalue weighted by Gasteiger charge is -2.07. The molecule has 0 saturated carbocycles. The Hall–Kier alpha value is -1.00. The second-order valence-electron chi connectivity index (χ2n) is 4.52. The maximum atomic E-state index is 6.24. The largest absolute Gasteiger partial charge is 0.383 e. The number of aryl methyl sites for hydroxylation is 1. The fourth-order valence-electron chi connectivity index (χ4n) is 2.06. The summed E-state index contributed by atoms with van der Waals surface area (Å²) in [5.74, 6) is 1.61. The molecule has 19 heavy (non-hydrogen) atoms. The fraction of sp³-hybridized carbons (Fsp3) is 0.357. The Labute approximate surface area is 126 Å². The summed E-state index contributed by atoms with van der Waals surface area (Å²) in [6.45, 7) is 5.03. The van der Waals surface area contributed by atoms with E-state index in [-0.39, 0.29) is 0 Å². The zero-order valence-corrected chi connectivity index (χ0v) is 13.4. The van der Waals surface area contributed by atoms with Gasteiger partial charge in [-0.05, 0) is 31.5 Å². The second kappa shape index (κ2) is 5.97. The van der Waals surface area contributed by atoms with Crippen molar-refractivity contribution >= 4 is 33.3 Å². The normalized spacial score (nSPS) is 10.9. The number of nitrogen functional groups attached to an aromatic ring is 1. The van der Waals surface area contributed by atoms with E-state index in [4.69, 9.17) is 17.3 Å². The summed E-state index contributed by atoms with van der Waals surface area (Å²) in [6, 6.07) is 5.70. The van der Waals surface area contributed by atoms with E-state index in [2.05, 4.69) is 32.4 Å². The van der Waals surface area contributed by atoms with Crippen LogP contribution in [0, 0.1) is 6.92 Å². The van der Waals surface area contributed by atoms with Crippen LogP contribution in [0.5, 0.6) is 0 Å². The number of benzene rings is 1. The maximum Gasteiger partial charge on any atom is 0.131 e. The van der Waals surface area contributed by atoms with E-state index in [0.29, 0.717) is 10.8 Å². The zero-order valence-electron chi connectivity index (χ0n) is 11.1. The smallest absolute Gasteiger partial charge is 0.131 e. The number of hydrogen-bond donors (Lipinski definition) is 1. The fourth-order valence-corrected chi connectivity index (χ4v) is 2.63. The van der Waals surface area contributed by atoms with Gasteiger partial charge in [-0.3, -0.25) is 0 Å². The molecule has 2 aromatic rings. The Balaban J connectivity index is 2.48. The van der Waals surface area contributed by atoms with Crippen molar-refractivity contribution in [3.63, 3.8) is 0 Å². The summed E-state index contributed by atoms with van der Waals surface area (Å²) in [4.78, 5) is 4.57. The number of aromatic nitrogens is 2. The highest BCUT2D eigenvalue weighted by Gasteiger charge is 2.16. The lowest BCUT2D eigenvalue weighted by Crippen LogP contribution is -2.05. The molecule has 0 unspecified atom stereocenters. The first kappa shape index (κ1) is 14.4. The number of imidazole rings is 1. The molecule has 0 atom stereocenters. The van der Waals surface area contributed by atoms with Crippen molar-refractivity contribution in [3.8, 4) is 11.3 Å². The topological polar surface area (TPSA) is 43.8 Å². The van der Waals surface area contributed by atoms with Gasteiger partial charge in [-0.1, -0.05) is 40.9 Å². The van der Waals surface area contributed by atoms with Crippen molar-refractivity contribution in [1.29, 1.82) is 0 Å². The molecule has 0 fully saturated rings. The average Bonchev–Trinajstić information content (AvgIpc) is 2.66. The maximum absolute atomic E-state index is 6.24. The monoisotopic (exact) mass is 341 g/mol. The average molecular weight is 343 g/mol. The van der Waals surface area contributed by atoms with Crippen molar-refractivity contribution in [2.75, 3.05) is 5.73 Å². The molecule has 1 heterocycles. The minimum Gasteiger partial charge on any atom is -0.383 e. The molecule has 0 bridgehead atoms. The van der Waals surface area contributed by atoms with Crippen LogP contribution in [-0.4, -0.2) is 9.55 Å². The molecule has 3 nitrogen and oxygen atoms in total. The van der Waals surface area contributed by atoms with Crippen LogP contribution >= 0.6 is 27.5 Å². The van der Waals surface area contributed by atoms with Gasteiger partial charge in [-0.2, -0.15) is 0 Å². The first-order valence-electron chi connectivity index (χ1n) is 6.32. The van der Waals surface area contributed by atoms with Gasteiger partial charge < -0.3 is 10.3 Å². The molecule has 0 aliphatic rings. The van der Waals surface area contributed by atoms with Crippen molar-refractivity contribution in [1.82, 2.24) is 9.55 Å². The van der Waals surface area contributed by atoms with E-state index in [1.165, 1.54) is 0 Å². The van der Waals surface area contributed by atoms with Crippen LogP contribution in [0.3, 0.4) is 0 Å². The van der Waals surface area contributed by atoms with E-state index in [1.807, 2.05) is 25.1 Å². The second-order valence-corrected chi connectivity index (χ2v) is 5.85. The number of rotatable bonds is 4. The first-order chi connectivity index (χ1) is 9.04. The molecule has 0 saturated heterocycles. The number of unbranched alkanes of at least 4 members (excludes halogenated alkanes) is 1. The molecular weight excluding hydrogens is 326 g/mol. The SMILES string of the molecule is CCCCn1c(C)nc(-c2cc(Br)ccc2Cl)c1N. The Kier molecular flexibility index (Phi) is 4.53.